The zero-order valence-corrected chi connectivity index (χ0v) is 13.6. The molecule has 1 heterocycles. The van der Waals surface area contributed by atoms with Gasteiger partial charge in [-0.1, -0.05) is 30.3 Å². The number of ether oxygens (including phenoxy) is 2. The standard InChI is InChI=1S/C18H18N2O4/c1-3-23-17(21)14-12-20(11-10-19)16(13-8-6-5-7-9-13)15(14)18(22)24-4-2/h5-9,12H,3-4,11H2,1-2H3. The number of nitriles is 1. The molecule has 0 aliphatic heterocycles. The summed E-state index contributed by atoms with van der Waals surface area (Å²) in [6.07, 6.45) is 1.47. The summed E-state index contributed by atoms with van der Waals surface area (Å²) in [5.74, 6) is -1.23. The van der Waals surface area contributed by atoms with Crippen LogP contribution in [-0.4, -0.2) is 29.7 Å². The summed E-state index contributed by atoms with van der Waals surface area (Å²) < 4.78 is 11.7. The number of carbonyl (C=O) groups is 2. The molecule has 0 N–H and O–H groups in total. The van der Waals surface area contributed by atoms with E-state index in [2.05, 4.69) is 0 Å². The number of rotatable bonds is 6. The molecule has 2 rings (SSSR count). The van der Waals surface area contributed by atoms with Gasteiger partial charge in [0.05, 0.1) is 36.1 Å². The van der Waals surface area contributed by atoms with E-state index in [1.54, 1.807) is 30.5 Å². The van der Waals surface area contributed by atoms with Gasteiger partial charge in [0.1, 0.15) is 6.54 Å². The Balaban J connectivity index is 2.71. The molecule has 0 saturated carbocycles. The van der Waals surface area contributed by atoms with Crippen LogP contribution >= 0.6 is 0 Å². The second kappa shape index (κ2) is 7.97. The van der Waals surface area contributed by atoms with Gasteiger partial charge in [-0.25, -0.2) is 9.59 Å². The van der Waals surface area contributed by atoms with Crippen LogP contribution in [0.4, 0.5) is 0 Å². The van der Waals surface area contributed by atoms with E-state index in [9.17, 15) is 9.59 Å². The first-order chi connectivity index (χ1) is 11.6. The first-order valence-electron chi connectivity index (χ1n) is 7.63. The van der Waals surface area contributed by atoms with Crippen molar-refractivity contribution in [3.63, 3.8) is 0 Å². The monoisotopic (exact) mass is 326 g/mol. The molecule has 24 heavy (non-hydrogen) atoms. The highest BCUT2D eigenvalue weighted by Gasteiger charge is 2.28. The lowest BCUT2D eigenvalue weighted by Gasteiger charge is -2.09. The normalized spacial score (nSPS) is 10.0. The molecule has 0 saturated heterocycles. The number of carbonyl (C=O) groups excluding carboxylic acids is 2. The molecule has 0 atom stereocenters. The van der Waals surface area contributed by atoms with Gasteiger partial charge in [0, 0.05) is 6.20 Å². The molecule has 0 aliphatic carbocycles. The maximum Gasteiger partial charge on any atom is 0.341 e. The van der Waals surface area contributed by atoms with Crippen molar-refractivity contribution in [2.75, 3.05) is 13.2 Å². The molecule has 6 nitrogen and oxygen atoms in total. The largest absolute Gasteiger partial charge is 0.462 e. The minimum absolute atomic E-state index is 0.00393. The second-order valence-corrected chi connectivity index (χ2v) is 4.86. The first kappa shape index (κ1) is 17.3. The summed E-state index contributed by atoms with van der Waals surface area (Å²) in [5.41, 5.74) is 1.41. The zero-order chi connectivity index (χ0) is 17.5. The van der Waals surface area contributed by atoms with Gasteiger partial charge < -0.3 is 14.0 Å². The lowest BCUT2D eigenvalue weighted by molar-refractivity contribution is 0.0481. The fourth-order valence-electron chi connectivity index (χ4n) is 2.44. The summed E-state index contributed by atoms with van der Waals surface area (Å²) >= 11 is 0. The van der Waals surface area contributed by atoms with Crippen LogP contribution in [0.25, 0.3) is 11.3 Å². The third-order valence-corrected chi connectivity index (χ3v) is 3.34. The number of esters is 2. The Kier molecular flexibility index (Phi) is 5.74. The van der Waals surface area contributed by atoms with Crippen LogP contribution in [-0.2, 0) is 16.0 Å². The van der Waals surface area contributed by atoms with E-state index < -0.39 is 11.9 Å². The second-order valence-electron chi connectivity index (χ2n) is 4.86. The van der Waals surface area contributed by atoms with Crippen molar-refractivity contribution in [1.82, 2.24) is 4.57 Å². The molecular weight excluding hydrogens is 308 g/mol. The lowest BCUT2D eigenvalue weighted by atomic mass is 10.0. The van der Waals surface area contributed by atoms with Crippen molar-refractivity contribution in [3.8, 4) is 17.3 Å². The zero-order valence-electron chi connectivity index (χ0n) is 13.6. The first-order valence-corrected chi connectivity index (χ1v) is 7.63. The molecule has 2 aromatic rings. The Hall–Kier alpha value is -3.07. The van der Waals surface area contributed by atoms with Crippen molar-refractivity contribution < 1.29 is 19.1 Å². The highest BCUT2D eigenvalue weighted by Crippen LogP contribution is 2.30. The molecule has 0 aliphatic rings. The van der Waals surface area contributed by atoms with Crippen LogP contribution in [0.2, 0.25) is 0 Å². The highest BCUT2D eigenvalue weighted by molar-refractivity contribution is 6.07. The maximum absolute atomic E-state index is 12.5. The Bertz CT molecular complexity index is 772. The molecular formula is C18H18N2O4. The van der Waals surface area contributed by atoms with Crippen LogP contribution in [0.5, 0.6) is 0 Å². The van der Waals surface area contributed by atoms with Gasteiger partial charge in [-0.05, 0) is 19.4 Å². The van der Waals surface area contributed by atoms with Crippen LogP contribution in [0.1, 0.15) is 34.6 Å². The van der Waals surface area contributed by atoms with Crippen LogP contribution in [0, 0.1) is 11.3 Å². The lowest BCUT2D eigenvalue weighted by Crippen LogP contribution is -2.13. The van der Waals surface area contributed by atoms with Crippen molar-refractivity contribution in [1.29, 1.82) is 5.26 Å². The van der Waals surface area contributed by atoms with E-state index in [0.29, 0.717) is 11.3 Å². The van der Waals surface area contributed by atoms with E-state index >= 15 is 0 Å². The predicted molar refractivity (Wildman–Crippen MR) is 87.4 cm³/mol. The fourth-order valence-corrected chi connectivity index (χ4v) is 2.44. The smallest absolute Gasteiger partial charge is 0.341 e. The fraction of sp³-hybridized carbons (Fsp3) is 0.278. The van der Waals surface area contributed by atoms with Gasteiger partial charge in [-0.15, -0.1) is 0 Å². The number of hydrogen-bond acceptors (Lipinski definition) is 5. The van der Waals surface area contributed by atoms with Crippen molar-refractivity contribution in [2.45, 2.75) is 20.4 Å². The third-order valence-electron chi connectivity index (χ3n) is 3.34. The van der Waals surface area contributed by atoms with Crippen molar-refractivity contribution in [2.24, 2.45) is 0 Å². The molecule has 0 spiro atoms. The maximum atomic E-state index is 12.5. The molecule has 0 fully saturated rings. The molecule has 0 amide bonds. The van der Waals surface area contributed by atoms with Crippen LogP contribution in [0.15, 0.2) is 36.5 Å². The van der Waals surface area contributed by atoms with Gasteiger partial charge in [0.15, 0.2) is 0 Å². The Morgan fingerprint density at radius 1 is 1.08 bits per heavy atom. The molecule has 6 heteroatoms. The molecule has 0 radical (unpaired) electrons. The summed E-state index contributed by atoms with van der Waals surface area (Å²) in [5, 5.41) is 9.07. The molecule has 124 valence electrons. The number of aromatic nitrogens is 1. The van der Waals surface area contributed by atoms with Gasteiger partial charge in [-0.3, -0.25) is 0 Å². The molecule has 0 unspecified atom stereocenters. The van der Waals surface area contributed by atoms with E-state index in [-0.39, 0.29) is 30.9 Å². The minimum atomic E-state index is -0.616. The Morgan fingerprint density at radius 2 is 1.71 bits per heavy atom. The van der Waals surface area contributed by atoms with Gasteiger partial charge in [-0.2, -0.15) is 5.26 Å². The predicted octanol–water partition coefficient (Wildman–Crippen LogP) is 3.03. The molecule has 1 aromatic carbocycles. The number of nitrogens with zero attached hydrogens (tertiary/aromatic N) is 2. The van der Waals surface area contributed by atoms with Crippen molar-refractivity contribution in [3.05, 3.63) is 47.7 Å². The van der Waals surface area contributed by atoms with Gasteiger partial charge in [0.25, 0.3) is 0 Å². The van der Waals surface area contributed by atoms with Gasteiger partial charge >= 0.3 is 11.9 Å². The third kappa shape index (κ3) is 3.46. The van der Waals surface area contributed by atoms with Crippen LogP contribution < -0.4 is 0 Å². The quantitative estimate of drug-likeness (QED) is 0.762. The Labute approximate surface area is 140 Å². The van der Waals surface area contributed by atoms with Crippen molar-refractivity contribution >= 4 is 11.9 Å². The van der Waals surface area contributed by atoms with Gasteiger partial charge in [0.2, 0.25) is 0 Å². The average Bonchev–Trinajstić information content (AvgIpc) is 2.96. The van der Waals surface area contributed by atoms with Crippen LogP contribution in [0.3, 0.4) is 0 Å². The summed E-state index contributed by atoms with van der Waals surface area (Å²) in [6.45, 7) is 3.74. The molecule has 1 aromatic heterocycles. The summed E-state index contributed by atoms with van der Waals surface area (Å²) in [4.78, 5) is 24.7. The number of benzene rings is 1. The number of hydrogen-bond donors (Lipinski definition) is 0. The summed E-state index contributed by atoms with van der Waals surface area (Å²) in [6, 6.07) is 11.1. The van der Waals surface area contributed by atoms with E-state index in [1.807, 2.05) is 24.3 Å². The molecule has 0 bridgehead atoms. The van der Waals surface area contributed by atoms with E-state index in [4.69, 9.17) is 14.7 Å². The topological polar surface area (TPSA) is 81.3 Å². The summed E-state index contributed by atoms with van der Waals surface area (Å²) in [7, 11) is 0. The van der Waals surface area contributed by atoms with E-state index in [1.165, 1.54) is 6.20 Å². The minimum Gasteiger partial charge on any atom is -0.462 e. The van der Waals surface area contributed by atoms with E-state index in [0.717, 1.165) is 0 Å². The Morgan fingerprint density at radius 3 is 2.29 bits per heavy atom. The highest BCUT2D eigenvalue weighted by atomic mass is 16.5. The SMILES string of the molecule is CCOC(=O)c1cn(CC#N)c(-c2ccccc2)c1C(=O)OCC. The average molecular weight is 326 g/mol.